The number of thiazole rings is 1. The van der Waals surface area contributed by atoms with Gasteiger partial charge in [-0.25, -0.2) is 4.98 Å². The zero-order valence-corrected chi connectivity index (χ0v) is 19.6. The summed E-state index contributed by atoms with van der Waals surface area (Å²) in [5.74, 6) is 1.53. The zero-order chi connectivity index (χ0) is 22.9. The number of carbonyl (C=O) groups excluding carboxylic acids is 1. The standard InChI is InChI=1S/C24H23ClN2O5S/c1-30-20-12-17(8-9-19(20)32-13-18(28)14-2-3-14)27-10-11-31-22-21(24(27)29)33-23(26-22)15-4-6-16(25)7-5-15/h4-9,12,14,18,28H,2-3,10-11,13H2,1H3/t18-/m0/s1. The topological polar surface area (TPSA) is 81.1 Å². The van der Waals surface area contributed by atoms with E-state index in [1.54, 1.807) is 36.3 Å². The van der Waals surface area contributed by atoms with Gasteiger partial charge in [0.15, 0.2) is 16.4 Å². The van der Waals surface area contributed by atoms with Gasteiger partial charge < -0.3 is 24.2 Å². The fourth-order valence-electron chi connectivity index (χ4n) is 3.69. The molecule has 0 unspecified atom stereocenters. The van der Waals surface area contributed by atoms with Gasteiger partial charge in [0.2, 0.25) is 5.88 Å². The minimum Gasteiger partial charge on any atom is -0.493 e. The molecular weight excluding hydrogens is 464 g/mol. The van der Waals surface area contributed by atoms with Crippen molar-refractivity contribution in [3.8, 4) is 28.0 Å². The van der Waals surface area contributed by atoms with Crippen LogP contribution >= 0.6 is 22.9 Å². The second-order valence-electron chi connectivity index (χ2n) is 8.02. The highest BCUT2D eigenvalue weighted by Crippen LogP contribution is 2.38. The van der Waals surface area contributed by atoms with E-state index in [1.807, 2.05) is 18.2 Å². The second-order valence-corrected chi connectivity index (χ2v) is 9.45. The van der Waals surface area contributed by atoms with Crippen molar-refractivity contribution in [3.63, 3.8) is 0 Å². The van der Waals surface area contributed by atoms with Gasteiger partial charge in [-0.15, -0.1) is 11.3 Å². The monoisotopic (exact) mass is 486 g/mol. The number of aromatic nitrogens is 1. The number of rotatable bonds is 7. The van der Waals surface area contributed by atoms with Crippen molar-refractivity contribution in [2.75, 3.05) is 31.8 Å². The predicted octanol–water partition coefficient (Wildman–Crippen LogP) is 4.66. The Kier molecular flexibility index (Phi) is 6.14. The number of halogens is 1. The summed E-state index contributed by atoms with van der Waals surface area (Å²) >= 11 is 7.28. The van der Waals surface area contributed by atoms with Crippen LogP contribution in [0.1, 0.15) is 22.5 Å². The number of ether oxygens (including phenoxy) is 3. The lowest BCUT2D eigenvalue weighted by Crippen LogP contribution is -2.32. The van der Waals surface area contributed by atoms with Crippen molar-refractivity contribution in [2.45, 2.75) is 18.9 Å². The van der Waals surface area contributed by atoms with Crippen LogP contribution in [-0.4, -0.2) is 49.0 Å². The average molecular weight is 487 g/mol. The molecule has 0 spiro atoms. The zero-order valence-electron chi connectivity index (χ0n) is 18.0. The van der Waals surface area contributed by atoms with Gasteiger partial charge in [0.1, 0.15) is 18.2 Å². The molecule has 2 aliphatic rings. The molecule has 1 aromatic heterocycles. The first-order valence-electron chi connectivity index (χ1n) is 10.7. The Morgan fingerprint density at radius 1 is 1.24 bits per heavy atom. The van der Waals surface area contributed by atoms with Gasteiger partial charge in [0, 0.05) is 22.3 Å². The Morgan fingerprint density at radius 3 is 2.76 bits per heavy atom. The van der Waals surface area contributed by atoms with Gasteiger partial charge in [-0.2, -0.15) is 0 Å². The van der Waals surface area contributed by atoms with Gasteiger partial charge >= 0.3 is 0 Å². The maximum absolute atomic E-state index is 13.4. The van der Waals surface area contributed by atoms with Crippen LogP contribution < -0.4 is 19.1 Å². The number of aliphatic hydroxyl groups excluding tert-OH is 1. The predicted molar refractivity (Wildman–Crippen MR) is 127 cm³/mol. The molecule has 1 saturated carbocycles. The molecule has 172 valence electrons. The third-order valence-corrected chi connectivity index (χ3v) is 7.04. The Morgan fingerprint density at radius 2 is 2.03 bits per heavy atom. The first-order chi connectivity index (χ1) is 16.0. The second kappa shape index (κ2) is 9.21. The summed E-state index contributed by atoms with van der Waals surface area (Å²) < 4.78 is 17.1. The summed E-state index contributed by atoms with van der Waals surface area (Å²) in [6, 6.07) is 12.7. The van der Waals surface area contributed by atoms with E-state index >= 15 is 0 Å². The van der Waals surface area contributed by atoms with E-state index in [9.17, 15) is 9.90 Å². The highest BCUT2D eigenvalue weighted by atomic mass is 35.5. The number of benzene rings is 2. The lowest BCUT2D eigenvalue weighted by Gasteiger charge is -2.21. The van der Waals surface area contributed by atoms with Gasteiger partial charge in [-0.1, -0.05) is 23.7 Å². The first kappa shape index (κ1) is 22.0. The third kappa shape index (κ3) is 4.64. The number of aliphatic hydroxyl groups is 1. The first-order valence-corrected chi connectivity index (χ1v) is 11.9. The fourth-order valence-corrected chi connectivity index (χ4v) is 4.79. The number of hydrogen-bond acceptors (Lipinski definition) is 7. The number of methoxy groups -OCH3 is 1. The smallest absolute Gasteiger partial charge is 0.274 e. The molecule has 3 aromatic rings. The number of anilines is 1. The molecule has 0 bridgehead atoms. The molecule has 0 saturated heterocycles. The Hall–Kier alpha value is -2.81. The minimum atomic E-state index is -0.474. The van der Waals surface area contributed by atoms with Crippen molar-refractivity contribution in [1.82, 2.24) is 4.98 Å². The molecule has 0 radical (unpaired) electrons. The van der Waals surface area contributed by atoms with Crippen LogP contribution in [0, 0.1) is 5.92 Å². The van der Waals surface area contributed by atoms with Crippen LogP contribution in [0.5, 0.6) is 17.4 Å². The average Bonchev–Trinajstić information content (AvgIpc) is 3.62. The molecule has 1 N–H and O–H groups in total. The van der Waals surface area contributed by atoms with Crippen LogP contribution in [0.4, 0.5) is 5.69 Å². The molecule has 1 aliphatic heterocycles. The van der Waals surface area contributed by atoms with E-state index in [0.717, 1.165) is 18.4 Å². The van der Waals surface area contributed by atoms with Crippen molar-refractivity contribution >= 4 is 34.5 Å². The van der Waals surface area contributed by atoms with E-state index in [1.165, 1.54) is 11.3 Å². The highest BCUT2D eigenvalue weighted by molar-refractivity contribution is 7.17. The van der Waals surface area contributed by atoms with Gasteiger partial charge in [0.05, 0.1) is 19.8 Å². The van der Waals surface area contributed by atoms with E-state index in [4.69, 9.17) is 25.8 Å². The number of hydrogen-bond donors (Lipinski definition) is 1. The van der Waals surface area contributed by atoms with Crippen molar-refractivity contribution in [1.29, 1.82) is 0 Å². The van der Waals surface area contributed by atoms with Crippen molar-refractivity contribution in [3.05, 3.63) is 52.4 Å². The Labute approximate surface area is 200 Å². The highest BCUT2D eigenvalue weighted by Gasteiger charge is 2.31. The summed E-state index contributed by atoms with van der Waals surface area (Å²) in [7, 11) is 1.55. The SMILES string of the molecule is COc1cc(N2CCOc3nc(-c4ccc(Cl)cc4)sc3C2=O)ccc1OC[C@H](O)C1CC1. The fraction of sp³-hybridized carbons (Fsp3) is 0.333. The van der Waals surface area contributed by atoms with Crippen LogP contribution in [0.2, 0.25) is 5.02 Å². The molecule has 1 fully saturated rings. The molecule has 1 atom stereocenters. The molecule has 33 heavy (non-hydrogen) atoms. The molecule has 9 heteroatoms. The largest absolute Gasteiger partial charge is 0.493 e. The maximum atomic E-state index is 13.4. The number of carbonyl (C=O) groups is 1. The van der Waals surface area contributed by atoms with E-state index in [-0.39, 0.29) is 12.5 Å². The van der Waals surface area contributed by atoms with Crippen molar-refractivity contribution in [2.24, 2.45) is 5.92 Å². The quantitative estimate of drug-likeness (QED) is 0.523. The van der Waals surface area contributed by atoms with E-state index in [2.05, 4.69) is 4.98 Å². The van der Waals surface area contributed by atoms with Crippen LogP contribution in [0.3, 0.4) is 0 Å². The maximum Gasteiger partial charge on any atom is 0.274 e. The summed E-state index contributed by atoms with van der Waals surface area (Å²) in [6.07, 6.45) is 1.61. The summed E-state index contributed by atoms with van der Waals surface area (Å²) in [5.41, 5.74) is 1.54. The van der Waals surface area contributed by atoms with E-state index < -0.39 is 6.10 Å². The third-order valence-electron chi connectivity index (χ3n) is 5.71. The molecule has 7 nitrogen and oxygen atoms in total. The summed E-state index contributed by atoms with van der Waals surface area (Å²) in [5, 5.41) is 11.4. The van der Waals surface area contributed by atoms with E-state index in [0.29, 0.717) is 57.0 Å². The minimum absolute atomic E-state index is 0.180. The molecule has 1 amide bonds. The molecule has 2 heterocycles. The summed E-state index contributed by atoms with van der Waals surface area (Å²) in [6.45, 7) is 0.910. The number of amides is 1. The molecule has 5 rings (SSSR count). The molecule has 1 aliphatic carbocycles. The molecular formula is C24H23ClN2O5S. The van der Waals surface area contributed by atoms with Crippen molar-refractivity contribution < 1.29 is 24.1 Å². The van der Waals surface area contributed by atoms with Gasteiger partial charge in [-0.3, -0.25) is 4.79 Å². The molecule has 2 aromatic carbocycles. The van der Waals surface area contributed by atoms with Crippen LogP contribution in [0.15, 0.2) is 42.5 Å². The lowest BCUT2D eigenvalue weighted by atomic mass is 10.2. The van der Waals surface area contributed by atoms with Gasteiger partial charge in [-0.05, 0) is 43.0 Å². The number of fused-ring (bicyclic) bond motifs is 1. The number of nitrogens with zero attached hydrogens (tertiary/aromatic N) is 2. The van der Waals surface area contributed by atoms with Crippen LogP contribution in [0.25, 0.3) is 10.6 Å². The summed E-state index contributed by atoms with van der Waals surface area (Å²) in [4.78, 5) is 20.0. The normalized spacial score (nSPS) is 16.6. The Balaban J connectivity index is 1.38. The Bertz CT molecular complexity index is 1160. The van der Waals surface area contributed by atoms with Crippen LogP contribution in [-0.2, 0) is 0 Å². The van der Waals surface area contributed by atoms with Gasteiger partial charge in [0.25, 0.3) is 5.91 Å². The lowest BCUT2D eigenvalue weighted by molar-refractivity contribution is 0.0880.